The van der Waals surface area contributed by atoms with E-state index in [1.54, 1.807) is 6.07 Å². The number of rotatable bonds is 6. The number of ether oxygens (including phenoxy) is 1. The highest BCUT2D eigenvalue weighted by Crippen LogP contribution is 2.25. The standard InChI is InChI=1S/C17H26FN3O2/c1-12-10-21(11-13(2)23-12)14-6-7-16(15(18)9-14)20-17(22)5-3-4-8-19/h6-7,9,12-13H,3-5,8,10-11,19H2,1-2H3,(H,20,22). The molecule has 1 heterocycles. The molecule has 2 unspecified atom stereocenters. The van der Waals surface area contributed by atoms with E-state index in [0.717, 1.165) is 25.2 Å². The molecule has 5 nitrogen and oxygen atoms in total. The second-order valence-corrected chi connectivity index (χ2v) is 6.12. The van der Waals surface area contributed by atoms with E-state index in [2.05, 4.69) is 10.2 Å². The number of morpholine rings is 1. The van der Waals surface area contributed by atoms with Crippen LogP contribution in [0.2, 0.25) is 0 Å². The highest BCUT2D eigenvalue weighted by atomic mass is 19.1. The van der Waals surface area contributed by atoms with Gasteiger partial charge in [-0.2, -0.15) is 0 Å². The number of anilines is 2. The first kappa shape index (κ1) is 17.7. The zero-order valence-electron chi connectivity index (χ0n) is 13.8. The Bertz CT molecular complexity index is 529. The van der Waals surface area contributed by atoms with Gasteiger partial charge >= 0.3 is 0 Å². The average Bonchev–Trinajstić information content (AvgIpc) is 2.48. The first-order chi connectivity index (χ1) is 11.0. The molecular formula is C17H26FN3O2. The average molecular weight is 323 g/mol. The minimum atomic E-state index is -0.415. The molecule has 2 rings (SSSR count). The van der Waals surface area contributed by atoms with Crippen LogP contribution < -0.4 is 16.0 Å². The molecular weight excluding hydrogens is 297 g/mol. The predicted octanol–water partition coefficient (Wildman–Crippen LogP) is 2.51. The van der Waals surface area contributed by atoms with Gasteiger partial charge in [0.2, 0.25) is 5.91 Å². The van der Waals surface area contributed by atoms with Crippen LogP contribution in [0.4, 0.5) is 15.8 Å². The number of hydrogen-bond donors (Lipinski definition) is 2. The second kappa shape index (κ2) is 8.26. The molecule has 0 aliphatic carbocycles. The van der Waals surface area contributed by atoms with Gasteiger partial charge in [0.1, 0.15) is 5.82 Å². The van der Waals surface area contributed by atoms with Gasteiger partial charge in [-0.05, 0) is 51.4 Å². The number of amides is 1. The molecule has 1 fully saturated rings. The van der Waals surface area contributed by atoms with Gasteiger partial charge in [0.05, 0.1) is 17.9 Å². The maximum atomic E-state index is 14.3. The zero-order valence-corrected chi connectivity index (χ0v) is 13.8. The molecule has 6 heteroatoms. The lowest BCUT2D eigenvalue weighted by molar-refractivity contribution is -0.116. The summed E-state index contributed by atoms with van der Waals surface area (Å²) in [5, 5.41) is 2.62. The van der Waals surface area contributed by atoms with Crippen molar-refractivity contribution in [2.24, 2.45) is 5.73 Å². The Morgan fingerprint density at radius 3 is 2.65 bits per heavy atom. The lowest BCUT2D eigenvalue weighted by Crippen LogP contribution is -2.45. The summed E-state index contributed by atoms with van der Waals surface area (Å²) in [5.41, 5.74) is 6.43. The van der Waals surface area contributed by atoms with E-state index in [0.29, 0.717) is 19.4 Å². The summed E-state index contributed by atoms with van der Waals surface area (Å²) in [6, 6.07) is 4.93. The number of hydrogen-bond acceptors (Lipinski definition) is 4. The third kappa shape index (κ3) is 5.18. The Kier molecular flexibility index (Phi) is 6.36. The van der Waals surface area contributed by atoms with Crippen molar-refractivity contribution < 1.29 is 13.9 Å². The molecule has 0 radical (unpaired) electrons. The largest absolute Gasteiger partial charge is 0.372 e. The quantitative estimate of drug-likeness (QED) is 0.789. The van der Waals surface area contributed by atoms with Crippen molar-refractivity contribution in [2.75, 3.05) is 29.9 Å². The first-order valence-corrected chi connectivity index (χ1v) is 8.19. The summed E-state index contributed by atoms with van der Waals surface area (Å²) in [4.78, 5) is 13.9. The van der Waals surface area contributed by atoms with E-state index in [4.69, 9.17) is 10.5 Å². The number of carbonyl (C=O) groups is 1. The number of unbranched alkanes of at least 4 members (excludes halogenated alkanes) is 1. The molecule has 0 aromatic heterocycles. The van der Waals surface area contributed by atoms with E-state index in [1.807, 2.05) is 19.9 Å². The maximum absolute atomic E-state index is 14.3. The summed E-state index contributed by atoms with van der Waals surface area (Å²) in [6.45, 7) is 6.04. The molecule has 1 aliphatic heterocycles. The topological polar surface area (TPSA) is 67.6 Å². The molecule has 0 spiro atoms. The van der Waals surface area contributed by atoms with E-state index in [-0.39, 0.29) is 23.8 Å². The van der Waals surface area contributed by atoms with Gasteiger partial charge in [0.25, 0.3) is 0 Å². The van der Waals surface area contributed by atoms with Crippen molar-refractivity contribution >= 4 is 17.3 Å². The summed E-state index contributed by atoms with van der Waals surface area (Å²) in [7, 11) is 0. The maximum Gasteiger partial charge on any atom is 0.224 e. The lowest BCUT2D eigenvalue weighted by Gasteiger charge is -2.37. The number of carbonyl (C=O) groups excluding carboxylic acids is 1. The van der Waals surface area contributed by atoms with Gasteiger partial charge in [0, 0.05) is 25.2 Å². The number of nitrogens with two attached hydrogens (primary N) is 1. The molecule has 1 aromatic carbocycles. The fourth-order valence-electron chi connectivity index (χ4n) is 2.83. The van der Waals surface area contributed by atoms with E-state index < -0.39 is 5.82 Å². The van der Waals surface area contributed by atoms with E-state index >= 15 is 0 Å². The fourth-order valence-corrected chi connectivity index (χ4v) is 2.83. The number of benzene rings is 1. The minimum Gasteiger partial charge on any atom is -0.372 e. The number of halogens is 1. The van der Waals surface area contributed by atoms with Gasteiger partial charge in [0.15, 0.2) is 0 Å². The Morgan fingerprint density at radius 1 is 1.35 bits per heavy atom. The van der Waals surface area contributed by atoms with Crippen molar-refractivity contribution in [1.82, 2.24) is 0 Å². The van der Waals surface area contributed by atoms with E-state index in [1.165, 1.54) is 6.07 Å². The van der Waals surface area contributed by atoms with Gasteiger partial charge in [-0.25, -0.2) is 4.39 Å². The summed E-state index contributed by atoms with van der Waals surface area (Å²) >= 11 is 0. The van der Waals surface area contributed by atoms with Crippen LogP contribution >= 0.6 is 0 Å². The minimum absolute atomic E-state index is 0.115. The molecule has 128 valence electrons. The summed E-state index contributed by atoms with van der Waals surface area (Å²) in [6.07, 6.45) is 2.09. The van der Waals surface area contributed by atoms with Crippen LogP contribution in [0.3, 0.4) is 0 Å². The highest BCUT2D eigenvalue weighted by molar-refractivity contribution is 5.91. The molecule has 1 saturated heterocycles. The Morgan fingerprint density at radius 2 is 2.04 bits per heavy atom. The van der Waals surface area contributed by atoms with Gasteiger partial charge in [-0.1, -0.05) is 0 Å². The Balaban J connectivity index is 1.98. The molecule has 1 aromatic rings. The molecule has 0 bridgehead atoms. The normalized spacial score (nSPS) is 21.3. The highest BCUT2D eigenvalue weighted by Gasteiger charge is 2.23. The third-order valence-electron chi connectivity index (χ3n) is 3.87. The molecule has 1 aliphatic rings. The van der Waals surface area contributed by atoms with Crippen molar-refractivity contribution in [1.29, 1.82) is 0 Å². The zero-order chi connectivity index (χ0) is 16.8. The number of nitrogens with one attached hydrogen (secondary N) is 1. The van der Waals surface area contributed by atoms with Crippen molar-refractivity contribution in [3.8, 4) is 0 Å². The molecule has 0 saturated carbocycles. The van der Waals surface area contributed by atoms with E-state index in [9.17, 15) is 9.18 Å². The Hall–Kier alpha value is -1.66. The lowest BCUT2D eigenvalue weighted by atomic mass is 10.1. The van der Waals surface area contributed by atoms with Crippen LogP contribution in [-0.2, 0) is 9.53 Å². The second-order valence-electron chi connectivity index (χ2n) is 6.12. The van der Waals surface area contributed by atoms with Crippen LogP contribution in [0, 0.1) is 5.82 Å². The van der Waals surface area contributed by atoms with Crippen LogP contribution in [-0.4, -0.2) is 37.7 Å². The summed E-state index contributed by atoms with van der Waals surface area (Å²) in [5.74, 6) is -0.597. The SMILES string of the molecule is CC1CN(c2ccc(NC(=O)CCCCN)c(F)c2)CC(C)O1. The van der Waals surface area contributed by atoms with Gasteiger partial charge in [-0.15, -0.1) is 0 Å². The third-order valence-corrected chi connectivity index (χ3v) is 3.87. The molecule has 2 atom stereocenters. The van der Waals surface area contributed by atoms with Crippen LogP contribution in [0.5, 0.6) is 0 Å². The van der Waals surface area contributed by atoms with Crippen molar-refractivity contribution in [3.05, 3.63) is 24.0 Å². The van der Waals surface area contributed by atoms with Crippen molar-refractivity contribution in [3.63, 3.8) is 0 Å². The van der Waals surface area contributed by atoms with Crippen molar-refractivity contribution in [2.45, 2.75) is 45.3 Å². The fraction of sp³-hybridized carbons (Fsp3) is 0.588. The van der Waals surface area contributed by atoms with Gasteiger partial charge in [-0.3, -0.25) is 4.79 Å². The summed E-state index contributed by atoms with van der Waals surface area (Å²) < 4.78 is 19.9. The monoisotopic (exact) mass is 323 g/mol. The predicted molar refractivity (Wildman–Crippen MR) is 90.2 cm³/mol. The number of nitrogens with zero attached hydrogens (tertiary/aromatic N) is 1. The molecule has 23 heavy (non-hydrogen) atoms. The van der Waals surface area contributed by atoms with Crippen LogP contribution in [0.15, 0.2) is 18.2 Å². The van der Waals surface area contributed by atoms with Crippen LogP contribution in [0.25, 0.3) is 0 Å². The Labute approximate surface area is 137 Å². The molecule has 3 N–H and O–H groups in total. The smallest absolute Gasteiger partial charge is 0.224 e. The first-order valence-electron chi connectivity index (χ1n) is 8.19. The van der Waals surface area contributed by atoms with Crippen LogP contribution in [0.1, 0.15) is 33.1 Å². The van der Waals surface area contributed by atoms with Gasteiger partial charge < -0.3 is 20.7 Å². The molecule has 1 amide bonds.